The fourth-order valence-electron chi connectivity index (χ4n) is 5.88. The molecule has 0 spiro atoms. The number of ketones is 1. The van der Waals surface area contributed by atoms with E-state index in [0.29, 0.717) is 40.9 Å². The lowest BCUT2D eigenvalue weighted by atomic mass is 9.81. The van der Waals surface area contributed by atoms with Gasteiger partial charge < -0.3 is 9.30 Å². The average molecular weight is 534 g/mol. The lowest BCUT2D eigenvalue weighted by Gasteiger charge is -2.24. The van der Waals surface area contributed by atoms with Crippen molar-refractivity contribution >= 4 is 34.3 Å². The van der Waals surface area contributed by atoms with E-state index in [-0.39, 0.29) is 11.7 Å². The molecule has 1 unspecified atom stereocenters. The van der Waals surface area contributed by atoms with Crippen molar-refractivity contribution in [2.45, 2.75) is 31.7 Å². The molecule has 1 heterocycles. The van der Waals surface area contributed by atoms with Gasteiger partial charge in [-0.25, -0.2) is 4.79 Å². The van der Waals surface area contributed by atoms with Gasteiger partial charge >= 0.3 is 5.97 Å². The summed E-state index contributed by atoms with van der Waals surface area (Å²) in [7, 11) is 1.38. The van der Waals surface area contributed by atoms with Crippen LogP contribution >= 0.6 is 11.6 Å². The maximum atomic E-state index is 13.7. The summed E-state index contributed by atoms with van der Waals surface area (Å²) in [4.78, 5) is 26.5. The second kappa shape index (κ2) is 10.5. The Bertz CT molecular complexity index is 1690. The molecule has 1 atom stereocenters. The first kappa shape index (κ1) is 25.1. The standard InChI is InChI=1S/C34H28ClNO3/c1-39-34(38)28-11-6-12-29-32(28)33-30(19-26(20-31(33)37)25-13-15-27(35)16-14-25)36(29)21-24-10-5-9-23(18-24)17-22-7-3-2-4-8-22/h2-16,18,26H,17,19-21H2,1H3. The molecule has 194 valence electrons. The molecule has 0 bridgehead atoms. The average Bonchev–Trinajstić information content (AvgIpc) is 3.27. The predicted molar refractivity (Wildman–Crippen MR) is 155 cm³/mol. The van der Waals surface area contributed by atoms with Crippen molar-refractivity contribution in [1.82, 2.24) is 4.57 Å². The highest BCUT2D eigenvalue weighted by molar-refractivity contribution is 6.30. The van der Waals surface area contributed by atoms with Gasteiger partial charge in [-0.2, -0.15) is 0 Å². The number of carbonyl (C=O) groups excluding carboxylic acids is 2. The fraction of sp³-hybridized carbons (Fsp3) is 0.176. The zero-order chi connectivity index (χ0) is 26.9. The summed E-state index contributed by atoms with van der Waals surface area (Å²) in [5.74, 6) is -0.344. The molecule has 4 aromatic carbocycles. The number of rotatable bonds is 6. The van der Waals surface area contributed by atoms with Crippen LogP contribution in [0.4, 0.5) is 0 Å². The number of methoxy groups -OCH3 is 1. The molecule has 1 aliphatic carbocycles. The van der Waals surface area contributed by atoms with Gasteiger partial charge in [0, 0.05) is 34.6 Å². The number of nitrogens with zero attached hydrogens (tertiary/aromatic N) is 1. The zero-order valence-corrected chi connectivity index (χ0v) is 22.4. The normalized spacial score (nSPS) is 14.8. The van der Waals surface area contributed by atoms with Gasteiger partial charge in [-0.3, -0.25) is 4.79 Å². The van der Waals surface area contributed by atoms with Crippen LogP contribution in [-0.4, -0.2) is 23.4 Å². The maximum absolute atomic E-state index is 13.7. The molecule has 5 aromatic rings. The van der Waals surface area contributed by atoms with E-state index >= 15 is 0 Å². The summed E-state index contributed by atoms with van der Waals surface area (Å²) in [5, 5.41) is 1.37. The second-order valence-corrected chi connectivity index (χ2v) is 10.6. The second-order valence-electron chi connectivity index (χ2n) is 10.2. The van der Waals surface area contributed by atoms with E-state index in [2.05, 4.69) is 53.1 Å². The Morgan fingerprint density at radius 2 is 1.59 bits per heavy atom. The van der Waals surface area contributed by atoms with Crippen molar-refractivity contribution in [3.05, 3.63) is 141 Å². The Kier molecular flexibility index (Phi) is 6.80. The van der Waals surface area contributed by atoms with Crippen LogP contribution in [0.2, 0.25) is 5.02 Å². The monoisotopic (exact) mass is 533 g/mol. The van der Waals surface area contributed by atoms with Gasteiger partial charge in [0.15, 0.2) is 5.78 Å². The minimum Gasteiger partial charge on any atom is -0.465 e. The van der Waals surface area contributed by atoms with Crippen LogP contribution in [0.5, 0.6) is 0 Å². The molecule has 0 saturated heterocycles. The molecule has 6 rings (SSSR count). The van der Waals surface area contributed by atoms with Crippen LogP contribution in [0.1, 0.15) is 61.0 Å². The van der Waals surface area contributed by atoms with Crippen molar-refractivity contribution in [3.8, 4) is 0 Å². The number of ether oxygens (including phenoxy) is 1. The van der Waals surface area contributed by atoms with Crippen molar-refractivity contribution in [1.29, 1.82) is 0 Å². The van der Waals surface area contributed by atoms with E-state index in [1.54, 1.807) is 6.07 Å². The van der Waals surface area contributed by atoms with Crippen LogP contribution in [-0.2, 0) is 24.1 Å². The first-order valence-corrected chi connectivity index (χ1v) is 13.5. The zero-order valence-electron chi connectivity index (χ0n) is 21.7. The fourth-order valence-corrected chi connectivity index (χ4v) is 6.01. The highest BCUT2D eigenvalue weighted by Crippen LogP contribution is 2.40. The van der Waals surface area contributed by atoms with Crippen LogP contribution < -0.4 is 0 Å². The Hall–Kier alpha value is -4.15. The summed E-state index contributed by atoms with van der Waals surface area (Å²) in [6.07, 6.45) is 1.93. The van der Waals surface area contributed by atoms with Gasteiger partial charge in [0.25, 0.3) is 0 Å². The van der Waals surface area contributed by atoms with Gasteiger partial charge in [-0.05, 0) is 65.3 Å². The van der Waals surface area contributed by atoms with Gasteiger partial charge in [0.1, 0.15) is 0 Å². The third-order valence-corrected chi connectivity index (χ3v) is 7.93. The van der Waals surface area contributed by atoms with Gasteiger partial charge in [-0.15, -0.1) is 0 Å². The van der Waals surface area contributed by atoms with E-state index in [0.717, 1.165) is 28.8 Å². The summed E-state index contributed by atoms with van der Waals surface area (Å²) >= 11 is 6.14. The Morgan fingerprint density at radius 3 is 2.36 bits per heavy atom. The minimum atomic E-state index is -0.432. The number of hydrogen-bond acceptors (Lipinski definition) is 3. The summed E-state index contributed by atoms with van der Waals surface area (Å²) < 4.78 is 7.32. The Labute approximate surface area is 232 Å². The van der Waals surface area contributed by atoms with E-state index in [1.807, 2.05) is 42.5 Å². The number of carbonyl (C=O) groups is 2. The van der Waals surface area contributed by atoms with Gasteiger partial charge in [0.05, 0.1) is 18.2 Å². The first-order valence-electron chi connectivity index (χ1n) is 13.1. The molecule has 0 aliphatic heterocycles. The molecule has 5 heteroatoms. The van der Waals surface area contributed by atoms with Crippen LogP contribution in [0.15, 0.2) is 97.1 Å². The summed E-state index contributed by atoms with van der Waals surface area (Å²) in [5.41, 5.74) is 7.65. The lowest BCUT2D eigenvalue weighted by Crippen LogP contribution is -2.21. The number of esters is 1. The predicted octanol–water partition coefficient (Wildman–Crippen LogP) is 7.63. The number of benzene rings is 4. The quantitative estimate of drug-likeness (QED) is 0.211. The number of fused-ring (bicyclic) bond motifs is 3. The summed E-state index contributed by atoms with van der Waals surface area (Å²) in [6.45, 7) is 0.597. The highest BCUT2D eigenvalue weighted by Gasteiger charge is 2.34. The lowest BCUT2D eigenvalue weighted by molar-refractivity contribution is 0.0603. The first-order chi connectivity index (χ1) is 19.0. The van der Waals surface area contributed by atoms with Crippen molar-refractivity contribution in [2.24, 2.45) is 0 Å². The third kappa shape index (κ3) is 4.88. The molecule has 0 radical (unpaired) electrons. The number of aromatic nitrogens is 1. The van der Waals surface area contributed by atoms with Crippen LogP contribution in [0, 0.1) is 0 Å². The molecule has 1 aliphatic rings. The number of hydrogen-bond donors (Lipinski definition) is 0. The van der Waals surface area contributed by atoms with Crippen molar-refractivity contribution in [2.75, 3.05) is 7.11 Å². The number of halogens is 1. The molecule has 0 amide bonds. The smallest absolute Gasteiger partial charge is 0.338 e. The Balaban J connectivity index is 1.46. The minimum absolute atomic E-state index is 0.0383. The molecule has 1 aromatic heterocycles. The largest absolute Gasteiger partial charge is 0.465 e. The van der Waals surface area contributed by atoms with E-state index in [1.165, 1.54) is 18.2 Å². The summed E-state index contributed by atoms with van der Waals surface area (Å²) in [6, 6.07) is 32.4. The van der Waals surface area contributed by atoms with Crippen molar-refractivity contribution in [3.63, 3.8) is 0 Å². The molecule has 4 nitrogen and oxygen atoms in total. The van der Waals surface area contributed by atoms with Gasteiger partial charge in [-0.1, -0.05) is 84.4 Å². The van der Waals surface area contributed by atoms with Gasteiger partial charge in [0.2, 0.25) is 0 Å². The highest BCUT2D eigenvalue weighted by atomic mass is 35.5. The van der Waals surface area contributed by atoms with E-state index in [4.69, 9.17) is 16.3 Å². The van der Waals surface area contributed by atoms with Crippen LogP contribution in [0.3, 0.4) is 0 Å². The van der Waals surface area contributed by atoms with Crippen molar-refractivity contribution < 1.29 is 14.3 Å². The molecule has 0 fully saturated rings. The molecule has 39 heavy (non-hydrogen) atoms. The number of Topliss-reactive ketones (excluding diaryl/α,β-unsaturated/α-hetero) is 1. The van der Waals surface area contributed by atoms with Crippen LogP contribution in [0.25, 0.3) is 10.9 Å². The molecular formula is C34H28ClNO3. The third-order valence-electron chi connectivity index (χ3n) is 7.68. The van der Waals surface area contributed by atoms with E-state index < -0.39 is 5.97 Å². The Morgan fingerprint density at radius 1 is 0.872 bits per heavy atom. The molecule has 0 saturated carbocycles. The molecular weight excluding hydrogens is 506 g/mol. The topological polar surface area (TPSA) is 48.3 Å². The molecule has 0 N–H and O–H groups in total. The maximum Gasteiger partial charge on any atom is 0.338 e. The SMILES string of the molecule is COC(=O)c1cccc2c1c1c(n2Cc2cccc(Cc3ccccc3)c2)CC(c2ccc(Cl)cc2)CC1=O. The van der Waals surface area contributed by atoms with E-state index in [9.17, 15) is 9.59 Å².